The average molecular weight is 244 g/mol. The lowest BCUT2D eigenvalue weighted by Crippen LogP contribution is -2.38. The van der Waals surface area contributed by atoms with Crippen LogP contribution in [-0.4, -0.2) is 17.2 Å². The van der Waals surface area contributed by atoms with E-state index in [-0.39, 0.29) is 17.6 Å². The van der Waals surface area contributed by atoms with Gasteiger partial charge >= 0.3 is 0 Å². The number of hydrogen-bond donors (Lipinski definition) is 3. The number of β-amino-alcohol motifs (C(OH)–C–C–N with tert-alkyl or cyclic N) is 1. The summed E-state index contributed by atoms with van der Waals surface area (Å²) in [5.74, 6) is -1.71. The van der Waals surface area contributed by atoms with Crippen LogP contribution >= 0.6 is 0 Å². The second kappa shape index (κ2) is 4.98. The lowest BCUT2D eigenvalue weighted by atomic mass is 10.0. The fraction of sp³-hybridized carbons (Fsp3) is 0.500. The van der Waals surface area contributed by atoms with Crippen LogP contribution in [0.4, 0.5) is 14.5 Å². The van der Waals surface area contributed by atoms with E-state index < -0.39 is 23.4 Å². The number of nitrogens with two attached hydrogens (primary N) is 1. The maximum Gasteiger partial charge on any atom is 0.154 e. The van der Waals surface area contributed by atoms with Crippen LogP contribution in [0.3, 0.4) is 0 Å². The van der Waals surface area contributed by atoms with Crippen molar-refractivity contribution in [1.82, 2.24) is 5.32 Å². The Bertz CT molecular complexity index is 402. The number of nitrogens with one attached hydrogen (secondary N) is 1. The highest BCUT2D eigenvalue weighted by Crippen LogP contribution is 2.24. The maximum absolute atomic E-state index is 13.6. The second-order valence-corrected chi connectivity index (χ2v) is 5.01. The topological polar surface area (TPSA) is 58.3 Å². The fourth-order valence-corrected chi connectivity index (χ4v) is 1.36. The molecule has 0 saturated heterocycles. The minimum absolute atomic E-state index is 0.000602. The molecule has 3 nitrogen and oxygen atoms in total. The minimum Gasteiger partial charge on any atom is -0.394 e. The van der Waals surface area contributed by atoms with E-state index in [0.29, 0.717) is 0 Å². The van der Waals surface area contributed by atoms with Crippen molar-refractivity contribution >= 4 is 5.69 Å². The molecule has 1 unspecified atom stereocenters. The monoisotopic (exact) mass is 244 g/mol. The molecule has 0 aliphatic carbocycles. The lowest BCUT2D eigenvalue weighted by molar-refractivity contribution is 0.159. The van der Waals surface area contributed by atoms with Crippen LogP contribution < -0.4 is 11.1 Å². The van der Waals surface area contributed by atoms with Gasteiger partial charge in [-0.2, -0.15) is 0 Å². The molecule has 1 aromatic carbocycles. The highest BCUT2D eigenvalue weighted by Gasteiger charge is 2.19. The first kappa shape index (κ1) is 13.9. The number of anilines is 1. The third kappa shape index (κ3) is 3.64. The lowest BCUT2D eigenvalue weighted by Gasteiger charge is -2.23. The fourth-order valence-electron chi connectivity index (χ4n) is 1.36. The van der Waals surface area contributed by atoms with Gasteiger partial charge in [0, 0.05) is 17.6 Å². The van der Waals surface area contributed by atoms with Gasteiger partial charge in [-0.25, -0.2) is 8.78 Å². The van der Waals surface area contributed by atoms with Crippen LogP contribution in [-0.2, 0) is 0 Å². The van der Waals surface area contributed by atoms with E-state index in [1.54, 1.807) is 0 Å². The number of aliphatic hydroxyl groups is 1. The Morgan fingerprint density at radius 2 is 1.94 bits per heavy atom. The Hall–Kier alpha value is -1.20. The van der Waals surface area contributed by atoms with Crippen molar-refractivity contribution in [1.29, 1.82) is 0 Å². The SMILES string of the molecule is CC(C)(C)NCC(O)c1ccc(F)c(N)c1F. The molecule has 0 radical (unpaired) electrons. The summed E-state index contributed by atoms with van der Waals surface area (Å²) in [4.78, 5) is 0. The van der Waals surface area contributed by atoms with E-state index in [4.69, 9.17) is 5.73 Å². The summed E-state index contributed by atoms with van der Waals surface area (Å²) in [5.41, 5.74) is 4.47. The summed E-state index contributed by atoms with van der Waals surface area (Å²) in [7, 11) is 0. The van der Waals surface area contributed by atoms with Gasteiger partial charge in [0.05, 0.1) is 6.10 Å². The van der Waals surface area contributed by atoms with Crippen molar-refractivity contribution in [2.75, 3.05) is 12.3 Å². The molecule has 0 aromatic heterocycles. The van der Waals surface area contributed by atoms with Gasteiger partial charge in [-0.3, -0.25) is 0 Å². The van der Waals surface area contributed by atoms with Gasteiger partial charge in [-0.1, -0.05) is 6.07 Å². The quantitative estimate of drug-likeness (QED) is 0.712. The number of rotatable bonds is 3. The van der Waals surface area contributed by atoms with Crippen molar-refractivity contribution in [3.05, 3.63) is 29.3 Å². The van der Waals surface area contributed by atoms with Gasteiger partial charge < -0.3 is 16.2 Å². The molecule has 0 saturated carbocycles. The van der Waals surface area contributed by atoms with E-state index in [1.165, 1.54) is 6.07 Å². The first-order valence-corrected chi connectivity index (χ1v) is 5.39. The normalized spacial score (nSPS) is 13.8. The number of benzene rings is 1. The molecular weight excluding hydrogens is 226 g/mol. The zero-order valence-corrected chi connectivity index (χ0v) is 10.2. The third-order valence-electron chi connectivity index (χ3n) is 2.34. The predicted molar refractivity (Wildman–Crippen MR) is 63.5 cm³/mol. The maximum atomic E-state index is 13.6. The summed E-state index contributed by atoms with van der Waals surface area (Å²) in [6.45, 7) is 5.95. The molecule has 0 bridgehead atoms. The van der Waals surface area contributed by atoms with Crippen molar-refractivity contribution < 1.29 is 13.9 Å². The van der Waals surface area contributed by atoms with Crippen LogP contribution in [0.5, 0.6) is 0 Å². The highest BCUT2D eigenvalue weighted by atomic mass is 19.1. The van der Waals surface area contributed by atoms with Gasteiger partial charge in [0.1, 0.15) is 11.5 Å². The molecule has 5 heteroatoms. The zero-order chi connectivity index (χ0) is 13.2. The van der Waals surface area contributed by atoms with Gasteiger partial charge in [0.2, 0.25) is 0 Å². The van der Waals surface area contributed by atoms with E-state index in [9.17, 15) is 13.9 Å². The van der Waals surface area contributed by atoms with Crippen molar-refractivity contribution in [3.63, 3.8) is 0 Å². The molecule has 0 aliphatic heterocycles. The van der Waals surface area contributed by atoms with Gasteiger partial charge in [-0.15, -0.1) is 0 Å². The van der Waals surface area contributed by atoms with Gasteiger partial charge in [0.25, 0.3) is 0 Å². The number of aliphatic hydroxyl groups excluding tert-OH is 1. The van der Waals surface area contributed by atoms with Crippen LogP contribution in [0.2, 0.25) is 0 Å². The Kier molecular flexibility index (Phi) is 4.06. The Balaban J connectivity index is 2.83. The first-order chi connectivity index (χ1) is 7.72. The molecule has 1 aromatic rings. The van der Waals surface area contributed by atoms with Crippen molar-refractivity contribution in [2.24, 2.45) is 0 Å². The minimum atomic E-state index is -1.06. The van der Waals surface area contributed by atoms with E-state index in [2.05, 4.69) is 5.32 Å². The number of nitrogen functional groups attached to an aromatic ring is 1. The molecule has 1 rings (SSSR count). The van der Waals surface area contributed by atoms with Crippen molar-refractivity contribution in [2.45, 2.75) is 32.4 Å². The number of halogens is 2. The third-order valence-corrected chi connectivity index (χ3v) is 2.34. The summed E-state index contributed by atoms with van der Waals surface area (Å²) < 4.78 is 26.5. The first-order valence-electron chi connectivity index (χ1n) is 5.39. The molecule has 0 aliphatic rings. The highest BCUT2D eigenvalue weighted by molar-refractivity contribution is 5.45. The number of hydrogen-bond acceptors (Lipinski definition) is 3. The Morgan fingerprint density at radius 1 is 1.35 bits per heavy atom. The summed E-state index contributed by atoms with van der Waals surface area (Å²) in [6, 6.07) is 2.25. The molecule has 0 amide bonds. The van der Waals surface area contributed by atoms with E-state index in [1.807, 2.05) is 20.8 Å². The van der Waals surface area contributed by atoms with Gasteiger partial charge in [0.15, 0.2) is 5.82 Å². The predicted octanol–water partition coefficient (Wildman–Crippen LogP) is 1.97. The molecular formula is C12H18F2N2O. The van der Waals surface area contributed by atoms with Crippen molar-refractivity contribution in [3.8, 4) is 0 Å². The summed E-state index contributed by atoms with van der Waals surface area (Å²) >= 11 is 0. The standard InChI is InChI=1S/C12H18F2N2O/c1-12(2,3)16-6-9(17)7-4-5-8(13)11(15)10(7)14/h4-5,9,16-17H,6,15H2,1-3H3. The second-order valence-electron chi connectivity index (χ2n) is 5.01. The molecule has 4 N–H and O–H groups in total. The van der Waals surface area contributed by atoms with Crippen LogP contribution in [0.15, 0.2) is 12.1 Å². The Labute approximate surface area is 99.6 Å². The van der Waals surface area contributed by atoms with Gasteiger partial charge in [-0.05, 0) is 26.8 Å². The average Bonchev–Trinajstić information content (AvgIpc) is 2.22. The summed E-state index contributed by atoms with van der Waals surface area (Å²) in [6.07, 6.45) is -1.06. The zero-order valence-electron chi connectivity index (χ0n) is 10.2. The molecule has 96 valence electrons. The molecule has 1 atom stereocenters. The molecule has 17 heavy (non-hydrogen) atoms. The largest absolute Gasteiger partial charge is 0.394 e. The molecule has 0 heterocycles. The molecule has 0 fully saturated rings. The van der Waals surface area contributed by atoms with Crippen LogP contribution in [0.1, 0.15) is 32.4 Å². The summed E-state index contributed by atoms with van der Waals surface area (Å²) in [5, 5.41) is 12.8. The van der Waals surface area contributed by atoms with Crippen LogP contribution in [0, 0.1) is 11.6 Å². The Morgan fingerprint density at radius 3 is 2.47 bits per heavy atom. The smallest absolute Gasteiger partial charge is 0.154 e. The van der Waals surface area contributed by atoms with E-state index >= 15 is 0 Å². The van der Waals surface area contributed by atoms with E-state index in [0.717, 1.165) is 6.07 Å². The van der Waals surface area contributed by atoms with Crippen LogP contribution in [0.25, 0.3) is 0 Å². The molecule has 0 spiro atoms.